The minimum Gasteiger partial charge on any atom is -0.465 e. The SMILES string of the molecule is CCC(S)CC(C)C(=O)OCC(CO)(COC(=O)C(C)(C)CC(C)(C)S)COC(=O)C(C)(C)CC(C)(C)SC(=O)C(C)CC(C)S. The van der Waals surface area contributed by atoms with Gasteiger partial charge >= 0.3 is 17.9 Å². The van der Waals surface area contributed by atoms with E-state index >= 15 is 0 Å². The summed E-state index contributed by atoms with van der Waals surface area (Å²) < 4.78 is 16.1. The molecule has 0 fully saturated rings. The highest BCUT2D eigenvalue weighted by Crippen LogP contribution is 2.40. The molecule has 12 heteroatoms. The molecule has 0 amide bonds. The number of esters is 3. The zero-order valence-electron chi connectivity index (χ0n) is 30.2. The molecule has 5 atom stereocenters. The molecule has 0 saturated heterocycles. The van der Waals surface area contributed by atoms with Gasteiger partial charge < -0.3 is 19.3 Å². The van der Waals surface area contributed by atoms with Gasteiger partial charge in [0, 0.05) is 20.7 Å². The number of rotatable bonds is 21. The van der Waals surface area contributed by atoms with Crippen molar-refractivity contribution in [2.24, 2.45) is 28.1 Å². The number of thiol groups is 3. The van der Waals surface area contributed by atoms with Crippen LogP contribution in [0.25, 0.3) is 0 Å². The van der Waals surface area contributed by atoms with Gasteiger partial charge in [-0.25, -0.2) is 0 Å². The molecule has 0 aliphatic heterocycles. The largest absolute Gasteiger partial charge is 0.465 e. The highest BCUT2D eigenvalue weighted by atomic mass is 32.2. The van der Waals surface area contributed by atoms with Crippen LogP contribution in [-0.2, 0) is 33.4 Å². The van der Waals surface area contributed by atoms with Gasteiger partial charge in [0.05, 0.1) is 28.8 Å². The van der Waals surface area contributed by atoms with Gasteiger partial charge in [-0.05, 0) is 65.0 Å². The van der Waals surface area contributed by atoms with Gasteiger partial charge in [-0.1, -0.05) is 67.2 Å². The van der Waals surface area contributed by atoms with Crippen molar-refractivity contribution < 1.29 is 38.5 Å². The van der Waals surface area contributed by atoms with Crippen molar-refractivity contribution in [3.63, 3.8) is 0 Å². The first kappa shape index (κ1) is 45.4. The average Bonchev–Trinajstić information content (AvgIpc) is 2.89. The van der Waals surface area contributed by atoms with Crippen molar-refractivity contribution in [3.05, 3.63) is 0 Å². The molecule has 0 radical (unpaired) electrons. The average molecular weight is 727 g/mol. The standard InChI is InChI=1S/C34H62O8S4/c1-13-25(44)15-22(2)26(36)40-19-34(18-35,20-41-28(38)30(5,6)16-32(9,10)45)21-42-29(39)31(7,8)17-33(11,12)46-27(37)23(3)14-24(4)43/h22-25,35,43-45H,13-21H2,1-12H3. The van der Waals surface area contributed by atoms with Crippen molar-refractivity contribution in [1.82, 2.24) is 0 Å². The third-order valence-corrected chi connectivity index (χ3v) is 9.94. The molecule has 0 heterocycles. The first-order valence-electron chi connectivity index (χ1n) is 16.1. The third-order valence-electron chi connectivity index (χ3n) is 7.70. The number of aliphatic hydroxyl groups excluding tert-OH is 1. The second-order valence-electron chi connectivity index (χ2n) is 15.7. The molecule has 5 unspecified atom stereocenters. The summed E-state index contributed by atoms with van der Waals surface area (Å²) in [5, 5.41) is 10.8. The van der Waals surface area contributed by atoms with Crippen LogP contribution in [0.3, 0.4) is 0 Å². The number of hydrogen-bond acceptors (Lipinski definition) is 12. The van der Waals surface area contributed by atoms with E-state index < -0.39 is 56.2 Å². The van der Waals surface area contributed by atoms with Crippen LogP contribution in [0.2, 0.25) is 0 Å². The Hall–Kier alpha value is -0.560. The lowest BCUT2D eigenvalue weighted by Gasteiger charge is -2.36. The molecule has 270 valence electrons. The van der Waals surface area contributed by atoms with E-state index in [-0.39, 0.29) is 41.4 Å². The normalized spacial score (nSPS) is 16.9. The molecule has 0 aromatic rings. The predicted molar refractivity (Wildman–Crippen MR) is 198 cm³/mol. The molecule has 0 bridgehead atoms. The summed E-state index contributed by atoms with van der Waals surface area (Å²) in [7, 11) is 0. The molecule has 0 aromatic heterocycles. The monoisotopic (exact) mass is 726 g/mol. The van der Waals surface area contributed by atoms with E-state index in [1.165, 1.54) is 11.8 Å². The molecule has 0 saturated carbocycles. The zero-order chi connectivity index (χ0) is 36.3. The van der Waals surface area contributed by atoms with Crippen molar-refractivity contribution in [2.45, 2.75) is 135 Å². The smallest absolute Gasteiger partial charge is 0.311 e. The van der Waals surface area contributed by atoms with Crippen LogP contribution in [-0.4, -0.2) is 74.6 Å². The van der Waals surface area contributed by atoms with Crippen LogP contribution >= 0.6 is 49.6 Å². The molecule has 0 aliphatic carbocycles. The fraction of sp³-hybridized carbons (Fsp3) is 0.882. The number of carbonyl (C=O) groups excluding carboxylic acids is 4. The lowest BCUT2D eigenvalue weighted by atomic mass is 9.83. The second-order valence-corrected chi connectivity index (χ2v) is 20.3. The van der Waals surface area contributed by atoms with Gasteiger partial charge in [0.1, 0.15) is 19.8 Å². The lowest BCUT2D eigenvalue weighted by molar-refractivity contribution is -0.175. The Balaban J connectivity index is 5.89. The van der Waals surface area contributed by atoms with E-state index in [9.17, 15) is 24.3 Å². The van der Waals surface area contributed by atoms with Gasteiger partial charge in [-0.3, -0.25) is 19.2 Å². The lowest BCUT2D eigenvalue weighted by Crippen LogP contribution is -2.45. The molecular weight excluding hydrogens is 665 g/mol. The fourth-order valence-electron chi connectivity index (χ4n) is 5.43. The first-order chi connectivity index (χ1) is 20.7. The minimum absolute atomic E-state index is 0.0278. The Morgan fingerprint density at radius 1 is 0.739 bits per heavy atom. The van der Waals surface area contributed by atoms with Crippen molar-refractivity contribution in [1.29, 1.82) is 0 Å². The van der Waals surface area contributed by atoms with E-state index in [1.54, 1.807) is 34.6 Å². The Morgan fingerprint density at radius 2 is 1.20 bits per heavy atom. The van der Waals surface area contributed by atoms with Gasteiger partial charge in [-0.2, -0.15) is 37.9 Å². The van der Waals surface area contributed by atoms with Crippen molar-refractivity contribution in [2.75, 3.05) is 26.4 Å². The second kappa shape index (κ2) is 19.0. The Labute approximate surface area is 299 Å². The summed E-state index contributed by atoms with van der Waals surface area (Å²) in [4.78, 5) is 52.4. The van der Waals surface area contributed by atoms with E-state index in [2.05, 4.69) is 37.9 Å². The van der Waals surface area contributed by atoms with Gasteiger partial charge in [0.15, 0.2) is 5.12 Å². The minimum atomic E-state index is -1.40. The highest BCUT2D eigenvalue weighted by Gasteiger charge is 2.43. The summed E-state index contributed by atoms with van der Waals surface area (Å²) in [5.74, 6) is -2.15. The van der Waals surface area contributed by atoms with Gasteiger partial charge in [0.25, 0.3) is 0 Å². The quantitative estimate of drug-likeness (QED) is 0.0552. The Bertz CT molecular complexity index is 1010. The summed E-state index contributed by atoms with van der Waals surface area (Å²) in [6.07, 6.45) is 2.72. The summed E-state index contributed by atoms with van der Waals surface area (Å²) in [6.45, 7) is 20.6. The maximum absolute atomic E-state index is 13.5. The number of aliphatic hydroxyl groups is 1. The predicted octanol–water partition coefficient (Wildman–Crippen LogP) is 7.25. The summed E-state index contributed by atoms with van der Waals surface area (Å²) in [6, 6.07) is 0. The fourth-order valence-corrected chi connectivity index (χ4v) is 7.74. The number of hydrogen-bond donors (Lipinski definition) is 4. The summed E-state index contributed by atoms with van der Waals surface area (Å²) >= 11 is 14.7. The molecule has 8 nitrogen and oxygen atoms in total. The van der Waals surface area contributed by atoms with Gasteiger partial charge in [-0.15, -0.1) is 0 Å². The van der Waals surface area contributed by atoms with Gasteiger partial charge in [0.2, 0.25) is 0 Å². The third kappa shape index (κ3) is 17.2. The summed E-state index contributed by atoms with van der Waals surface area (Å²) in [5.41, 5.74) is -3.28. The Morgan fingerprint density at radius 3 is 1.61 bits per heavy atom. The number of thioether (sulfide) groups is 1. The van der Waals surface area contributed by atoms with Crippen LogP contribution in [0.15, 0.2) is 0 Å². The van der Waals surface area contributed by atoms with Crippen molar-refractivity contribution >= 4 is 72.7 Å². The Kier molecular flexibility index (Phi) is 18.8. The van der Waals surface area contributed by atoms with Crippen LogP contribution < -0.4 is 0 Å². The highest BCUT2D eigenvalue weighted by molar-refractivity contribution is 8.14. The molecule has 1 N–H and O–H groups in total. The topological polar surface area (TPSA) is 116 Å². The van der Waals surface area contributed by atoms with E-state index in [1.807, 2.05) is 48.5 Å². The molecule has 0 aliphatic rings. The number of carbonyl (C=O) groups is 4. The van der Waals surface area contributed by atoms with E-state index in [4.69, 9.17) is 14.2 Å². The van der Waals surface area contributed by atoms with E-state index in [0.717, 1.165) is 6.42 Å². The molecule has 46 heavy (non-hydrogen) atoms. The molecule has 0 spiro atoms. The van der Waals surface area contributed by atoms with Crippen LogP contribution in [0, 0.1) is 28.1 Å². The van der Waals surface area contributed by atoms with Crippen LogP contribution in [0.5, 0.6) is 0 Å². The van der Waals surface area contributed by atoms with Crippen molar-refractivity contribution in [3.8, 4) is 0 Å². The van der Waals surface area contributed by atoms with Crippen LogP contribution in [0.1, 0.15) is 115 Å². The molecule has 0 rings (SSSR count). The van der Waals surface area contributed by atoms with E-state index in [0.29, 0.717) is 25.7 Å². The zero-order valence-corrected chi connectivity index (χ0v) is 33.7. The van der Waals surface area contributed by atoms with Crippen LogP contribution in [0.4, 0.5) is 0 Å². The molecular formula is C34H62O8S4. The number of ether oxygens (including phenoxy) is 3. The maximum atomic E-state index is 13.5. The maximum Gasteiger partial charge on any atom is 0.311 e. The molecule has 0 aromatic carbocycles. The first-order valence-corrected chi connectivity index (χ1v) is 18.4.